The number of benzene rings is 2. The molecule has 2 aromatic carbocycles. The Morgan fingerprint density at radius 3 is 2.35 bits per heavy atom. The van der Waals surface area contributed by atoms with Crippen molar-refractivity contribution in [3.63, 3.8) is 0 Å². The number of cyclic esters (lactones) is 2. The van der Waals surface area contributed by atoms with Crippen molar-refractivity contribution in [2.75, 3.05) is 19.6 Å². The van der Waals surface area contributed by atoms with E-state index in [0.717, 1.165) is 54.6 Å². The predicted octanol–water partition coefficient (Wildman–Crippen LogP) is 4.00. The van der Waals surface area contributed by atoms with Crippen LogP contribution in [0, 0.1) is 19.8 Å². The van der Waals surface area contributed by atoms with E-state index >= 15 is 0 Å². The minimum absolute atomic E-state index is 0.215. The molecular formula is C30H38N2O5. The van der Waals surface area contributed by atoms with E-state index in [-0.39, 0.29) is 24.6 Å². The monoisotopic (exact) mass is 506 g/mol. The third-order valence-corrected chi connectivity index (χ3v) is 8.81. The predicted molar refractivity (Wildman–Crippen MR) is 140 cm³/mol. The van der Waals surface area contributed by atoms with Gasteiger partial charge in [-0.3, -0.25) is 4.90 Å². The van der Waals surface area contributed by atoms with Crippen LogP contribution in [0.1, 0.15) is 86.9 Å². The lowest BCUT2D eigenvalue weighted by atomic mass is 9.94. The molecule has 5 rings (SSSR count). The van der Waals surface area contributed by atoms with E-state index in [4.69, 9.17) is 9.47 Å². The van der Waals surface area contributed by atoms with Crippen LogP contribution in [0.2, 0.25) is 0 Å². The van der Waals surface area contributed by atoms with Gasteiger partial charge in [0.05, 0.1) is 17.2 Å². The summed E-state index contributed by atoms with van der Waals surface area (Å²) in [6, 6.07) is 8.21. The number of carbonyl (C=O) groups is 2. The smallest absolute Gasteiger partial charge is 0.338 e. The molecule has 0 aromatic heterocycles. The van der Waals surface area contributed by atoms with E-state index in [1.165, 1.54) is 11.1 Å². The van der Waals surface area contributed by atoms with Crippen LogP contribution in [0.4, 0.5) is 0 Å². The summed E-state index contributed by atoms with van der Waals surface area (Å²) in [5.74, 6) is 0.0974. The maximum absolute atomic E-state index is 11.9. The molecule has 0 amide bonds. The quantitative estimate of drug-likeness (QED) is 0.549. The van der Waals surface area contributed by atoms with Crippen molar-refractivity contribution in [3.05, 3.63) is 68.8 Å². The van der Waals surface area contributed by atoms with Crippen molar-refractivity contribution >= 4 is 11.9 Å². The molecule has 0 aliphatic carbocycles. The van der Waals surface area contributed by atoms with E-state index in [2.05, 4.69) is 37.1 Å². The number of nitrogens with one attached hydrogen (secondary N) is 1. The van der Waals surface area contributed by atoms with Gasteiger partial charge >= 0.3 is 11.9 Å². The fourth-order valence-electron chi connectivity index (χ4n) is 6.20. The molecule has 3 heterocycles. The zero-order valence-corrected chi connectivity index (χ0v) is 22.3. The van der Waals surface area contributed by atoms with Gasteiger partial charge in [0.25, 0.3) is 0 Å². The first kappa shape index (κ1) is 25.9. The van der Waals surface area contributed by atoms with Crippen molar-refractivity contribution in [2.45, 2.75) is 78.4 Å². The lowest BCUT2D eigenvalue weighted by Crippen LogP contribution is -2.49. The van der Waals surface area contributed by atoms with E-state index < -0.39 is 6.10 Å². The molecule has 7 nitrogen and oxygen atoms in total. The summed E-state index contributed by atoms with van der Waals surface area (Å²) in [6.07, 6.45) is 2.48. The standard InChI is InChI=1S/C30H38N2O5/c1-17-9-11-32(12-10-21-5-6-23-25(18(21)2)15-36-29(23)34)20(4)27(13-17)31-14-28(33)22-7-8-24-26(19(22)3)16-37-30(24)35/h5-8,17,20,27-28,31,33H,9-16H2,1-4H3. The van der Waals surface area contributed by atoms with Gasteiger partial charge in [-0.25, -0.2) is 9.59 Å². The fourth-order valence-corrected chi connectivity index (χ4v) is 6.20. The van der Waals surface area contributed by atoms with E-state index in [0.29, 0.717) is 36.2 Å². The van der Waals surface area contributed by atoms with Crippen molar-refractivity contribution in [2.24, 2.45) is 5.92 Å². The topological polar surface area (TPSA) is 88.1 Å². The number of carbonyl (C=O) groups excluding carboxylic acids is 2. The maximum Gasteiger partial charge on any atom is 0.338 e. The highest BCUT2D eigenvalue weighted by atomic mass is 16.5. The number of aliphatic hydroxyl groups excluding tert-OH is 1. The molecule has 0 spiro atoms. The number of rotatable bonds is 7. The molecule has 198 valence electrons. The highest BCUT2D eigenvalue weighted by Gasteiger charge is 2.31. The number of nitrogens with zero attached hydrogens (tertiary/aromatic N) is 1. The van der Waals surface area contributed by atoms with Gasteiger partial charge in [-0.05, 0) is 86.9 Å². The first-order valence-electron chi connectivity index (χ1n) is 13.5. The van der Waals surface area contributed by atoms with Crippen molar-refractivity contribution in [1.82, 2.24) is 10.2 Å². The number of ether oxygens (including phenoxy) is 2. The Morgan fingerprint density at radius 2 is 1.65 bits per heavy atom. The molecule has 1 fully saturated rings. The summed E-state index contributed by atoms with van der Waals surface area (Å²) in [4.78, 5) is 26.3. The van der Waals surface area contributed by atoms with Gasteiger partial charge in [0, 0.05) is 36.3 Å². The minimum atomic E-state index is -0.654. The van der Waals surface area contributed by atoms with Gasteiger partial charge < -0.3 is 19.9 Å². The molecule has 7 heteroatoms. The van der Waals surface area contributed by atoms with Crippen LogP contribution in [0.15, 0.2) is 24.3 Å². The van der Waals surface area contributed by atoms with Crippen LogP contribution in [-0.4, -0.2) is 53.7 Å². The number of hydrogen-bond donors (Lipinski definition) is 2. The zero-order chi connectivity index (χ0) is 26.3. The molecule has 4 atom stereocenters. The summed E-state index contributed by atoms with van der Waals surface area (Å²) in [5.41, 5.74) is 7.49. The van der Waals surface area contributed by atoms with Crippen molar-refractivity contribution in [1.29, 1.82) is 0 Å². The highest BCUT2D eigenvalue weighted by Crippen LogP contribution is 2.30. The first-order valence-corrected chi connectivity index (χ1v) is 13.5. The Bertz CT molecular complexity index is 1210. The Balaban J connectivity index is 1.23. The zero-order valence-electron chi connectivity index (χ0n) is 22.3. The highest BCUT2D eigenvalue weighted by molar-refractivity contribution is 5.94. The second-order valence-corrected chi connectivity index (χ2v) is 11.0. The van der Waals surface area contributed by atoms with Crippen LogP contribution >= 0.6 is 0 Å². The lowest BCUT2D eigenvalue weighted by Gasteiger charge is -2.34. The summed E-state index contributed by atoms with van der Waals surface area (Å²) >= 11 is 0. The number of likely N-dealkylation sites (tertiary alicyclic amines) is 1. The van der Waals surface area contributed by atoms with Crippen LogP contribution in [0.5, 0.6) is 0 Å². The molecule has 0 saturated carbocycles. The molecule has 3 aliphatic heterocycles. The Hall–Kier alpha value is -2.74. The maximum atomic E-state index is 11.9. The van der Waals surface area contributed by atoms with E-state index in [1.807, 2.05) is 19.1 Å². The first-order chi connectivity index (χ1) is 17.7. The molecule has 0 radical (unpaired) electrons. The Labute approximate surface area is 219 Å². The second kappa shape index (κ2) is 10.6. The number of hydrogen-bond acceptors (Lipinski definition) is 7. The van der Waals surface area contributed by atoms with Crippen LogP contribution in [0.3, 0.4) is 0 Å². The van der Waals surface area contributed by atoms with E-state index in [9.17, 15) is 14.7 Å². The second-order valence-electron chi connectivity index (χ2n) is 11.0. The largest absolute Gasteiger partial charge is 0.457 e. The molecular weight excluding hydrogens is 468 g/mol. The van der Waals surface area contributed by atoms with Gasteiger partial charge in [-0.1, -0.05) is 19.1 Å². The third kappa shape index (κ3) is 5.05. The van der Waals surface area contributed by atoms with Gasteiger partial charge in [-0.15, -0.1) is 0 Å². The van der Waals surface area contributed by atoms with E-state index in [1.54, 1.807) is 6.07 Å². The normalized spacial score (nSPS) is 24.3. The lowest BCUT2D eigenvalue weighted by molar-refractivity contribution is 0.0526. The summed E-state index contributed by atoms with van der Waals surface area (Å²) < 4.78 is 10.4. The fraction of sp³-hybridized carbons (Fsp3) is 0.533. The Morgan fingerprint density at radius 1 is 1.00 bits per heavy atom. The molecule has 0 bridgehead atoms. The molecule has 3 aliphatic rings. The van der Waals surface area contributed by atoms with Gasteiger partial charge in [0.2, 0.25) is 0 Å². The molecule has 2 N–H and O–H groups in total. The minimum Gasteiger partial charge on any atom is -0.457 e. The van der Waals surface area contributed by atoms with Crippen LogP contribution in [0.25, 0.3) is 0 Å². The SMILES string of the molecule is Cc1c(CCN2CCC(C)CC(NCC(O)c3ccc4c(c3C)COC4=O)C2C)ccc2c1COC2=O. The number of esters is 2. The average Bonchev–Trinajstić information content (AvgIpc) is 3.41. The molecule has 2 aromatic rings. The van der Waals surface area contributed by atoms with Crippen LogP contribution < -0.4 is 5.32 Å². The van der Waals surface area contributed by atoms with Gasteiger partial charge in [-0.2, -0.15) is 0 Å². The van der Waals surface area contributed by atoms with Crippen molar-refractivity contribution in [3.8, 4) is 0 Å². The number of fused-ring (bicyclic) bond motifs is 2. The average molecular weight is 507 g/mol. The third-order valence-electron chi connectivity index (χ3n) is 8.81. The summed E-state index contributed by atoms with van der Waals surface area (Å²) in [7, 11) is 0. The molecule has 37 heavy (non-hydrogen) atoms. The van der Waals surface area contributed by atoms with Gasteiger partial charge in [0.1, 0.15) is 13.2 Å². The summed E-state index contributed by atoms with van der Waals surface area (Å²) in [6.45, 7) is 11.8. The van der Waals surface area contributed by atoms with Gasteiger partial charge in [0.15, 0.2) is 0 Å². The van der Waals surface area contributed by atoms with Crippen molar-refractivity contribution < 1.29 is 24.2 Å². The Kier molecular flexibility index (Phi) is 7.39. The number of aliphatic hydroxyl groups is 1. The molecule has 1 saturated heterocycles. The van der Waals surface area contributed by atoms with Crippen LogP contribution in [-0.2, 0) is 29.1 Å². The summed E-state index contributed by atoms with van der Waals surface area (Å²) in [5, 5.41) is 14.7. The molecule has 4 unspecified atom stereocenters.